The predicted molar refractivity (Wildman–Crippen MR) is 51.4 cm³/mol. The lowest BCUT2D eigenvalue weighted by molar-refractivity contribution is -0.132. The summed E-state index contributed by atoms with van der Waals surface area (Å²) in [6.07, 6.45) is 0.572. The maximum absolute atomic E-state index is 11.5. The molecule has 1 amide bonds. The van der Waals surface area contributed by atoms with Gasteiger partial charge in [0.25, 0.3) is 0 Å². The fraction of sp³-hybridized carbons (Fsp3) is 0.900. The fourth-order valence-corrected chi connectivity index (χ4v) is 1.34. The number of carbonyl (C=O) groups excluding carboxylic acids is 1. The third-order valence-electron chi connectivity index (χ3n) is 1.97. The second-order valence-electron chi connectivity index (χ2n) is 5.34. The number of amides is 1. The Labute approximate surface area is 79.8 Å². The molecule has 1 rings (SSSR count). The molecule has 0 aromatic heterocycles. The summed E-state index contributed by atoms with van der Waals surface area (Å²) in [6, 6.07) is 0. The zero-order valence-corrected chi connectivity index (χ0v) is 8.94. The molecule has 76 valence electrons. The SMILES string of the molecule is CC(C)(C)CC(=O)NC1(C)COC1. The Hall–Kier alpha value is -0.570. The van der Waals surface area contributed by atoms with Gasteiger partial charge in [-0.05, 0) is 12.3 Å². The lowest BCUT2D eigenvalue weighted by Crippen LogP contribution is -2.60. The molecule has 0 radical (unpaired) electrons. The van der Waals surface area contributed by atoms with Gasteiger partial charge in [0.2, 0.25) is 5.91 Å². The Bertz CT molecular complexity index is 201. The highest BCUT2D eigenvalue weighted by Crippen LogP contribution is 2.20. The van der Waals surface area contributed by atoms with E-state index in [-0.39, 0.29) is 16.9 Å². The summed E-state index contributed by atoms with van der Waals surface area (Å²) in [5.41, 5.74) is -0.0482. The van der Waals surface area contributed by atoms with Crippen molar-refractivity contribution >= 4 is 5.91 Å². The van der Waals surface area contributed by atoms with Crippen molar-refractivity contribution < 1.29 is 9.53 Å². The second-order valence-corrected chi connectivity index (χ2v) is 5.34. The average molecular weight is 185 g/mol. The van der Waals surface area contributed by atoms with Crippen LogP contribution in [0.2, 0.25) is 0 Å². The molecule has 0 unspecified atom stereocenters. The molecule has 0 bridgehead atoms. The standard InChI is InChI=1S/C10H19NO2/c1-9(2,3)5-8(12)11-10(4)6-13-7-10/h5-7H2,1-4H3,(H,11,12). The van der Waals surface area contributed by atoms with E-state index in [1.54, 1.807) is 0 Å². The van der Waals surface area contributed by atoms with Crippen LogP contribution in [0.4, 0.5) is 0 Å². The smallest absolute Gasteiger partial charge is 0.221 e. The highest BCUT2D eigenvalue weighted by Gasteiger charge is 2.35. The zero-order chi connectivity index (χ0) is 10.1. The van der Waals surface area contributed by atoms with Crippen LogP contribution >= 0.6 is 0 Å². The molecule has 1 fully saturated rings. The monoisotopic (exact) mass is 185 g/mol. The van der Waals surface area contributed by atoms with Crippen molar-refractivity contribution in [1.29, 1.82) is 0 Å². The van der Waals surface area contributed by atoms with Crippen LogP contribution < -0.4 is 5.32 Å². The van der Waals surface area contributed by atoms with E-state index in [9.17, 15) is 4.79 Å². The van der Waals surface area contributed by atoms with Gasteiger partial charge in [-0.25, -0.2) is 0 Å². The van der Waals surface area contributed by atoms with E-state index < -0.39 is 0 Å². The third-order valence-corrected chi connectivity index (χ3v) is 1.97. The molecular formula is C10H19NO2. The quantitative estimate of drug-likeness (QED) is 0.704. The molecule has 0 atom stereocenters. The van der Waals surface area contributed by atoms with E-state index in [2.05, 4.69) is 26.1 Å². The first kappa shape index (κ1) is 10.5. The molecule has 3 nitrogen and oxygen atoms in total. The molecule has 13 heavy (non-hydrogen) atoms. The highest BCUT2D eigenvalue weighted by molar-refractivity contribution is 5.77. The number of hydrogen-bond donors (Lipinski definition) is 1. The zero-order valence-electron chi connectivity index (χ0n) is 8.94. The number of hydrogen-bond acceptors (Lipinski definition) is 2. The Morgan fingerprint density at radius 1 is 1.46 bits per heavy atom. The Kier molecular flexibility index (Phi) is 2.66. The summed E-state index contributed by atoms with van der Waals surface area (Å²) in [6.45, 7) is 9.48. The normalized spacial score (nSPS) is 20.6. The van der Waals surface area contributed by atoms with Crippen molar-refractivity contribution in [2.75, 3.05) is 13.2 Å². The Morgan fingerprint density at radius 2 is 2.00 bits per heavy atom. The first-order valence-electron chi connectivity index (χ1n) is 4.70. The van der Waals surface area contributed by atoms with Crippen LogP contribution in [0.25, 0.3) is 0 Å². The van der Waals surface area contributed by atoms with Crippen LogP contribution in [0.5, 0.6) is 0 Å². The van der Waals surface area contributed by atoms with Crippen LogP contribution in [0.3, 0.4) is 0 Å². The number of nitrogens with one attached hydrogen (secondary N) is 1. The second kappa shape index (κ2) is 3.29. The number of rotatable bonds is 2. The number of ether oxygens (including phenoxy) is 1. The molecule has 3 heteroatoms. The van der Waals surface area contributed by atoms with E-state index in [1.165, 1.54) is 0 Å². The average Bonchev–Trinajstić information content (AvgIpc) is 1.79. The predicted octanol–water partition coefficient (Wildman–Crippen LogP) is 1.33. The van der Waals surface area contributed by atoms with Gasteiger partial charge in [-0.2, -0.15) is 0 Å². The summed E-state index contributed by atoms with van der Waals surface area (Å²) in [7, 11) is 0. The summed E-state index contributed by atoms with van der Waals surface area (Å²) in [5.74, 6) is 0.123. The molecule has 0 spiro atoms. The van der Waals surface area contributed by atoms with Crippen LogP contribution in [0.15, 0.2) is 0 Å². The molecule has 0 aromatic carbocycles. The number of carbonyl (C=O) groups is 1. The molecule has 1 saturated heterocycles. The van der Waals surface area contributed by atoms with Gasteiger partial charge >= 0.3 is 0 Å². The molecule has 0 aliphatic carbocycles. The van der Waals surface area contributed by atoms with Crippen LogP contribution in [0.1, 0.15) is 34.1 Å². The Balaban J connectivity index is 2.33. The molecule has 1 N–H and O–H groups in total. The lowest BCUT2D eigenvalue weighted by Gasteiger charge is -2.39. The molecule has 0 aromatic rings. The van der Waals surface area contributed by atoms with Crippen molar-refractivity contribution in [2.24, 2.45) is 5.41 Å². The van der Waals surface area contributed by atoms with Gasteiger partial charge in [0.15, 0.2) is 0 Å². The van der Waals surface area contributed by atoms with Crippen LogP contribution in [-0.2, 0) is 9.53 Å². The minimum absolute atomic E-state index is 0.0606. The molecule has 1 heterocycles. The summed E-state index contributed by atoms with van der Waals surface area (Å²) < 4.78 is 5.05. The van der Waals surface area contributed by atoms with Crippen molar-refractivity contribution in [3.63, 3.8) is 0 Å². The molecular weight excluding hydrogens is 166 g/mol. The Morgan fingerprint density at radius 3 is 2.31 bits per heavy atom. The largest absolute Gasteiger partial charge is 0.376 e. The van der Waals surface area contributed by atoms with E-state index in [4.69, 9.17) is 4.74 Å². The molecule has 1 aliphatic heterocycles. The minimum atomic E-state index is -0.109. The van der Waals surface area contributed by atoms with Crippen molar-refractivity contribution in [2.45, 2.75) is 39.7 Å². The third kappa shape index (κ3) is 3.35. The van der Waals surface area contributed by atoms with Gasteiger partial charge in [-0.1, -0.05) is 20.8 Å². The molecule has 0 saturated carbocycles. The van der Waals surface area contributed by atoms with Gasteiger partial charge in [-0.15, -0.1) is 0 Å². The lowest BCUT2D eigenvalue weighted by atomic mass is 9.91. The molecule has 1 aliphatic rings. The fourth-order valence-electron chi connectivity index (χ4n) is 1.34. The van der Waals surface area contributed by atoms with E-state index >= 15 is 0 Å². The van der Waals surface area contributed by atoms with Crippen LogP contribution in [0, 0.1) is 5.41 Å². The first-order valence-corrected chi connectivity index (χ1v) is 4.70. The van der Waals surface area contributed by atoms with Gasteiger partial charge in [0.1, 0.15) is 0 Å². The minimum Gasteiger partial charge on any atom is -0.376 e. The van der Waals surface area contributed by atoms with E-state index in [1.807, 2.05) is 6.92 Å². The van der Waals surface area contributed by atoms with Crippen molar-refractivity contribution in [3.05, 3.63) is 0 Å². The van der Waals surface area contributed by atoms with Gasteiger partial charge in [0, 0.05) is 6.42 Å². The summed E-state index contributed by atoms with van der Waals surface area (Å²) in [5, 5.41) is 2.99. The van der Waals surface area contributed by atoms with Crippen LogP contribution in [-0.4, -0.2) is 24.7 Å². The van der Waals surface area contributed by atoms with Crippen molar-refractivity contribution in [3.8, 4) is 0 Å². The van der Waals surface area contributed by atoms with Gasteiger partial charge < -0.3 is 10.1 Å². The highest BCUT2D eigenvalue weighted by atomic mass is 16.5. The van der Waals surface area contributed by atoms with E-state index in [0.717, 1.165) is 0 Å². The maximum atomic E-state index is 11.5. The van der Waals surface area contributed by atoms with E-state index in [0.29, 0.717) is 19.6 Å². The maximum Gasteiger partial charge on any atom is 0.221 e. The van der Waals surface area contributed by atoms with Crippen molar-refractivity contribution in [1.82, 2.24) is 5.32 Å². The van der Waals surface area contributed by atoms with Gasteiger partial charge in [-0.3, -0.25) is 4.79 Å². The summed E-state index contributed by atoms with van der Waals surface area (Å²) >= 11 is 0. The summed E-state index contributed by atoms with van der Waals surface area (Å²) in [4.78, 5) is 11.5. The van der Waals surface area contributed by atoms with Gasteiger partial charge in [0.05, 0.1) is 18.8 Å². The first-order chi connectivity index (χ1) is 5.81. The topological polar surface area (TPSA) is 38.3 Å².